The molecule has 7 nitrogen and oxygen atoms in total. The lowest BCUT2D eigenvalue weighted by Crippen LogP contribution is -2.17. The average Bonchev–Trinajstić information content (AvgIpc) is 3.39. The third kappa shape index (κ3) is 5.89. The van der Waals surface area contributed by atoms with E-state index in [0.29, 0.717) is 54.8 Å². The number of para-hydroxylation sites is 1. The normalized spacial score (nSPS) is 11.0. The predicted molar refractivity (Wildman–Crippen MR) is 164 cm³/mol. The lowest BCUT2D eigenvalue weighted by molar-refractivity contribution is 0.0380. The number of amides is 1. The van der Waals surface area contributed by atoms with Crippen LogP contribution in [-0.4, -0.2) is 37.2 Å². The Morgan fingerprint density at radius 2 is 1.68 bits per heavy atom. The molecule has 0 saturated heterocycles. The Labute approximate surface area is 246 Å². The minimum absolute atomic E-state index is 0.285. The number of ether oxygens (including phenoxy) is 3. The van der Waals surface area contributed by atoms with E-state index >= 15 is 0 Å². The lowest BCUT2D eigenvalue weighted by atomic mass is 10.0. The number of carbonyl (C=O) groups excluding carboxylic acids is 2. The molecule has 1 N–H and O–H groups in total. The number of thiophene rings is 1. The predicted octanol–water partition coefficient (Wildman–Crippen LogP) is 8.12. The second-order valence-electron chi connectivity index (χ2n) is 9.41. The number of hydrogen-bond acceptors (Lipinski definition) is 7. The second kappa shape index (κ2) is 12.0. The molecule has 9 heteroatoms. The van der Waals surface area contributed by atoms with Crippen LogP contribution in [0.4, 0.5) is 5.00 Å². The van der Waals surface area contributed by atoms with Crippen LogP contribution >= 0.6 is 22.9 Å². The highest BCUT2D eigenvalue weighted by atomic mass is 35.5. The van der Waals surface area contributed by atoms with Gasteiger partial charge in [-0.05, 0) is 61.9 Å². The molecule has 0 aliphatic rings. The van der Waals surface area contributed by atoms with Crippen molar-refractivity contribution in [3.05, 3.63) is 94.3 Å². The van der Waals surface area contributed by atoms with Crippen molar-refractivity contribution in [2.45, 2.75) is 20.0 Å². The standard InChI is InChI=1S/C32H27ClN2O5S/c1-18(2)40-32(37)29-25(19-9-11-20(33)12-10-19)17-41-31(29)35-30(36)23-16-27(34-26-8-6-5-7-22(23)26)24-15-21(38-3)13-14-28(24)39-4/h5-18H,1-4H3,(H,35,36). The summed E-state index contributed by atoms with van der Waals surface area (Å²) in [6, 6.07) is 21.7. The van der Waals surface area contributed by atoms with Gasteiger partial charge in [-0.2, -0.15) is 0 Å². The van der Waals surface area contributed by atoms with Crippen LogP contribution in [0.15, 0.2) is 78.2 Å². The van der Waals surface area contributed by atoms with Gasteiger partial charge in [0.2, 0.25) is 0 Å². The molecule has 1 amide bonds. The first kappa shape index (κ1) is 28.1. The van der Waals surface area contributed by atoms with E-state index in [2.05, 4.69) is 5.32 Å². The second-order valence-corrected chi connectivity index (χ2v) is 10.7. The zero-order chi connectivity index (χ0) is 29.1. The monoisotopic (exact) mass is 586 g/mol. The van der Waals surface area contributed by atoms with Crippen LogP contribution in [-0.2, 0) is 4.74 Å². The van der Waals surface area contributed by atoms with Gasteiger partial charge in [-0.1, -0.05) is 41.9 Å². The number of halogens is 1. The number of methoxy groups -OCH3 is 2. The van der Waals surface area contributed by atoms with Crippen LogP contribution in [0.5, 0.6) is 11.5 Å². The van der Waals surface area contributed by atoms with Crippen LogP contribution in [0.2, 0.25) is 5.02 Å². The fourth-order valence-corrected chi connectivity index (χ4v) is 5.53. The van der Waals surface area contributed by atoms with Gasteiger partial charge >= 0.3 is 5.97 Å². The molecule has 0 spiro atoms. The van der Waals surface area contributed by atoms with Crippen LogP contribution in [0.1, 0.15) is 34.6 Å². The molecule has 0 unspecified atom stereocenters. The van der Waals surface area contributed by atoms with E-state index in [1.54, 1.807) is 58.4 Å². The van der Waals surface area contributed by atoms with E-state index in [4.69, 9.17) is 30.8 Å². The molecule has 0 atom stereocenters. The highest BCUT2D eigenvalue weighted by Gasteiger charge is 2.25. The van der Waals surface area contributed by atoms with Gasteiger partial charge in [0.15, 0.2) is 0 Å². The zero-order valence-electron chi connectivity index (χ0n) is 22.9. The van der Waals surface area contributed by atoms with Gasteiger partial charge in [-0.15, -0.1) is 11.3 Å². The number of anilines is 1. The molecular weight excluding hydrogens is 560 g/mol. The molecular formula is C32H27ClN2O5S. The fourth-order valence-electron chi connectivity index (χ4n) is 4.45. The van der Waals surface area contributed by atoms with Crippen molar-refractivity contribution in [1.82, 2.24) is 4.98 Å². The van der Waals surface area contributed by atoms with E-state index in [1.165, 1.54) is 11.3 Å². The van der Waals surface area contributed by atoms with Crippen molar-refractivity contribution >= 4 is 50.7 Å². The molecule has 3 aromatic carbocycles. The summed E-state index contributed by atoms with van der Waals surface area (Å²) < 4.78 is 16.6. The Hall–Kier alpha value is -4.40. The Kier molecular flexibility index (Phi) is 8.23. The van der Waals surface area contributed by atoms with Gasteiger partial charge in [0, 0.05) is 26.9 Å². The molecule has 208 valence electrons. The van der Waals surface area contributed by atoms with E-state index in [0.717, 1.165) is 5.56 Å². The highest BCUT2D eigenvalue weighted by molar-refractivity contribution is 7.15. The molecule has 5 aromatic rings. The fraction of sp³-hybridized carbons (Fsp3) is 0.156. The minimum Gasteiger partial charge on any atom is -0.497 e. The number of nitrogens with zero attached hydrogens (tertiary/aromatic N) is 1. The molecule has 0 fully saturated rings. The average molecular weight is 587 g/mol. The molecule has 2 heterocycles. The SMILES string of the molecule is COc1ccc(OC)c(-c2cc(C(=O)Nc3scc(-c4ccc(Cl)cc4)c3C(=O)OC(C)C)c3ccccc3n2)c1. The summed E-state index contributed by atoms with van der Waals surface area (Å²) in [6.07, 6.45) is -0.339. The molecule has 0 aliphatic heterocycles. The zero-order valence-corrected chi connectivity index (χ0v) is 24.4. The number of aromatic nitrogens is 1. The first-order valence-electron chi connectivity index (χ1n) is 12.8. The van der Waals surface area contributed by atoms with E-state index in [1.807, 2.05) is 47.8 Å². The number of rotatable bonds is 8. The van der Waals surface area contributed by atoms with Gasteiger partial charge in [0.25, 0.3) is 5.91 Å². The van der Waals surface area contributed by atoms with Crippen molar-refractivity contribution < 1.29 is 23.8 Å². The van der Waals surface area contributed by atoms with Crippen molar-refractivity contribution in [3.63, 3.8) is 0 Å². The maximum Gasteiger partial charge on any atom is 0.342 e. The summed E-state index contributed by atoms with van der Waals surface area (Å²) in [4.78, 5) is 32.0. The molecule has 5 rings (SSSR count). The largest absolute Gasteiger partial charge is 0.497 e. The van der Waals surface area contributed by atoms with Crippen molar-refractivity contribution in [2.24, 2.45) is 0 Å². The number of hydrogen-bond donors (Lipinski definition) is 1. The maximum absolute atomic E-state index is 13.9. The summed E-state index contributed by atoms with van der Waals surface area (Å²) in [5.74, 6) is 0.297. The summed E-state index contributed by atoms with van der Waals surface area (Å²) in [5, 5.41) is 6.43. The van der Waals surface area contributed by atoms with Gasteiger partial charge in [0.05, 0.1) is 37.1 Å². The lowest BCUT2D eigenvalue weighted by Gasteiger charge is -2.14. The van der Waals surface area contributed by atoms with E-state index < -0.39 is 11.9 Å². The smallest absolute Gasteiger partial charge is 0.342 e. The van der Waals surface area contributed by atoms with Crippen molar-refractivity contribution in [2.75, 3.05) is 19.5 Å². The Bertz CT molecular complexity index is 1750. The van der Waals surface area contributed by atoms with Crippen LogP contribution in [0, 0.1) is 0 Å². The number of benzene rings is 3. The third-order valence-corrected chi connectivity index (χ3v) is 7.51. The number of fused-ring (bicyclic) bond motifs is 1. The first-order chi connectivity index (χ1) is 19.8. The molecule has 0 bridgehead atoms. The number of carbonyl (C=O) groups is 2. The van der Waals surface area contributed by atoms with Crippen molar-refractivity contribution in [1.29, 1.82) is 0 Å². The van der Waals surface area contributed by atoms with Crippen LogP contribution in [0.3, 0.4) is 0 Å². The molecule has 0 radical (unpaired) electrons. The molecule has 0 aliphatic carbocycles. The Morgan fingerprint density at radius 3 is 2.39 bits per heavy atom. The van der Waals surface area contributed by atoms with Crippen molar-refractivity contribution in [3.8, 4) is 33.9 Å². The maximum atomic E-state index is 13.9. The summed E-state index contributed by atoms with van der Waals surface area (Å²) >= 11 is 7.34. The third-order valence-electron chi connectivity index (χ3n) is 6.36. The number of pyridine rings is 1. The van der Waals surface area contributed by atoms with Gasteiger partial charge in [-0.3, -0.25) is 4.79 Å². The number of nitrogens with one attached hydrogen (secondary N) is 1. The number of esters is 1. The highest BCUT2D eigenvalue weighted by Crippen LogP contribution is 2.38. The molecule has 41 heavy (non-hydrogen) atoms. The summed E-state index contributed by atoms with van der Waals surface area (Å²) in [6.45, 7) is 3.56. The van der Waals surface area contributed by atoms with Gasteiger partial charge in [0.1, 0.15) is 22.1 Å². The van der Waals surface area contributed by atoms with Crippen LogP contribution < -0.4 is 14.8 Å². The molecule has 2 aromatic heterocycles. The summed E-state index contributed by atoms with van der Waals surface area (Å²) in [5.41, 5.74) is 3.95. The first-order valence-corrected chi connectivity index (χ1v) is 14.1. The van der Waals surface area contributed by atoms with E-state index in [-0.39, 0.29) is 11.7 Å². The van der Waals surface area contributed by atoms with E-state index in [9.17, 15) is 9.59 Å². The summed E-state index contributed by atoms with van der Waals surface area (Å²) in [7, 11) is 3.16. The Morgan fingerprint density at radius 1 is 0.927 bits per heavy atom. The minimum atomic E-state index is -0.525. The van der Waals surface area contributed by atoms with Gasteiger partial charge < -0.3 is 19.5 Å². The van der Waals surface area contributed by atoms with Crippen LogP contribution in [0.25, 0.3) is 33.3 Å². The quantitative estimate of drug-likeness (QED) is 0.185. The Balaban J connectivity index is 1.61. The topological polar surface area (TPSA) is 86.8 Å². The van der Waals surface area contributed by atoms with Gasteiger partial charge in [-0.25, -0.2) is 9.78 Å². The molecule has 0 saturated carbocycles.